The minimum Gasteiger partial charge on any atom is -0.365 e. The fourth-order valence-electron chi connectivity index (χ4n) is 3.98. The van der Waals surface area contributed by atoms with Gasteiger partial charge in [0, 0.05) is 44.3 Å². The summed E-state index contributed by atoms with van der Waals surface area (Å²) >= 11 is 0. The van der Waals surface area contributed by atoms with Crippen LogP contribution in [0.5, 0.6) is 0 Å². The highest BCUT2D eigenvalue weighted by molar-refractivity contribution is 5.77. The summed E-state index contributed by atoms with van der Waals surface area (Å²) in [5.74, 6) is 0.291. The molecule has 0 bridgehead atoms. The van der Waals surface area contributed by atoms with Gasteiger partial charge in [-0.25, -0.2) is 9.97 Å². The van der Waals surface area contributed by atoms with Gasteiger partial charge >= 0.3 is 6.18 Å². The normalized spacial score (nSPS) is 24.8. The molecular formula is C18H24F3N5O2. The van der Waals surface area contributed by atoms with E-state index in [2.05, 4.69) is 25.1 Å². The van der Waals surface area contributed by atoms with Crippen LogP contribution in [0.25, 0.3) is 0 Å². The van der Waals surface area contributed by atoms with E-state index in [-0.39, 0.29) is 30.7 Å². The van der Waals surface area contributed by atoms with Crippen LogP contribution in [-0.4, -0.2) is 71.7 Å². The third-order valence-electron chi connectivity index (χ3n) is 5.54. The van der Waals surface area contributed by atoms with Crippen LogP contribution in [0, 0.1) is 0 Å². The molecule has 3 aliphatic rings. The number of amides is 1. The molecule has 1 aromatic heterocycles. The van der Waals surface area contributed by atoms with Gasteiger partial charge in [-0.1, -0.05) is 0 Å². The van der Waals surface area contributed by atoms with Crippen LogP contribution in [0.4, 0.5) is 19.0 Å². The van der Waals surface area contributed by atoms with Gasteiger partial charge in [-0.3, -0.25) is 4.79 Å². The predicted octanol–water partition coefficient (Wildman–Crippen LogP) is 1.44. The van der Waals surface area contributed by atoms with Crippen LogP contribution in [-0.2, 0) is 15.7 Å². The Morgan fingerprint density at radius 1 is 1.18 bits per heavy atom. The van der Waals surface area contributed by atoms with E-state index in [1.807, 2.05) is 0 Å². The molecule has 1 saturated carbocycles. The lowest BCUT2D eigenvalue weighted by atomic mass is 10.0. The molecule has 4 rings (SSSR count). The quantitative estimate of drug-likeness (QED) is 0.808. The number of piperidine rings is 1. The first-order chi connectivity index (χ1) is 13.4. The average Bonchev–Trinajstić information content (AvgIpc) is 3.50. The molecule has 10 heteroatoms. The Kier molecular flexibility index (Phi) is 5.42. The largest absolute Gasteiger partial charge is 0.433 e. The fourth-order valence-corrected chi connectivity index (χ4v) is 3.98. The van der Waals surface area contributed by atoms with E-state index >= 15 is 0 Å². The van der Waals surface area contributed by atoms with Crippen molar-refractivity contribution < 1.29 is 22.7 Å². The minimum absolute atomic E-state index is 0.00927. The summed E-state index contributed by atoms with van der Waals surface area (Å²) in [6.07, 6.45) is 0.234. The van der Waals surface area contributed by atoms with Crippen LogP contribution in [0.1, 0.15) is 31.4 Å². The van der Waals surface area contributed by atoms with Crippen LogP contribution in [0.15, 0.2) is 12.4 Å². The van der Waals surface area contributed by atoms with Gasteiger partial charge in [0.25, 0.3) is 0 Å². The first kappa shape index (κ1) is 19.4. The number of nitrogens with zero attached hydrogens (tertiary/aromatic N) is 4. The van der Waals surface area contributed by atoms with E-state index in [1.54, 1.807) is 0 Å². The monoisotopic (exact) mass is 399 g/mol. The number of nitrogens with one attached hydrogen (secondary N) is 1. The molecule has 3 fully saturated rings. The number of carbonyl (C=O) groups excluding carboxylic acids is 1. The van der Waals surface area contributed by atoms with Gasteiger partial charge in [-0.15, -0.1) is 0 Å². The molecule has 1 unspecified atom stereocenters. The van der Waals surface area contributed by atoms with Crippen LogP contribution in [0.3, 0.4) is 0 Å². The number of alkyl halides is 3. The minimum atomic E-state index is -4.47. The van der Waals surface area contributed by atoms with E-state index in [0.29, 0.717) is 12.4 Å². The van der Waals surface area contributed by atoms with Gasteiger partial charge in [0.1, 0.15) is 24.4 Å². The molecule has 3 heterocycles. The van der Waals surface area contributed by atoms with Gasteiger partial charge in [0.15, 0.2) is 0 Å². The molecule has 7 nitrogen and oxygen atoms in total. The number of hydrogen-bond acceptors (Lipinski definition) is 6. The summed E-state index contributed by atoms with van der Waals surface area (Å²) in [4.78, 5) is 23.1. The highest BCUT2D eigenvalue weighted by Crippen LogP contribution is 2.37. The molecule has 154 valence electrons. The Morgan fingerprint density at radius 3 is 2.50 bits per heavy atom. The number of morpholine rings is 1. The van der Waals surface area contributed by atoms with Crippen molar-refractivity contribution in [2.24, 2.45) is 0 Å². The second-order valence-corrected chi connectivity index (χ2v) is 7.67. The van der Waals surface area contributed by atoms with Crippen molar-refractivity contribution in [2.45, 2.75) is 50.0 Å². The standard InChI is InChI=1S/C18H24F3N5O2/c19-18(20,21)15-7-16(24-11-23-15)26(12-1-2-12)13-3-5-25(6-4-13)9-14-8-22-17(27)10-28-14/h7,11-14H,1-6,8-10H2,(H,22,27). The molecule has 0 radical (unpaired) electrons. The molecule has 0 spiro atoms. The molecule has 28 heavy (non-hydrogen) atoms. The third kappa shape index (κ3) is 4.54. The van der Waals surface area contributed by atoms with Crippen molar-refractivity contribution in [1.82, 2.24) is 20.2 Å². The molecule has 0 aromatic carbocycles. The SMILES string of the molecule is O=C1COC(CN2CCC(N(c3cc(C(F)(F)F)ncn3)C3CC3)CC2)CN1. The number of carbonyl (C=O) groups is 1. The summed E-state index contributed by atoms with van der Waals surface area (Å²) in [6, 6.07) is 1.51. The second-order valence-electron chi connectivity index (χ2n) is 7.67. The summed E-state index contributed by atoms with van der Waals surface area (Å²) in [5, 5.41) is 2.81. The molecule has 1 N–H and O–H groups in total. The van der Waals surface area contributed by atoms with Crippen molar-refractivity contribution in [1.29, 1.82) is 0 Å². The van der Waals surface area contributed by atoms with Gasteiger partial charge in [-0.05, 0) is 25.7 Å². The van der Waals surface area contributed by atoms with Crippen LogP contribution < -0.4 is 10.2 Å². The van der Waals surface area contributed by atoms with E-state index in [4.69, 9.17) is 4.74 Å². The van der Waals surface area contributed by atoms with Crippen LogP contribution >= 0.6 is 0 Å². The topological polar surface area (TPSA) is 70.6 Å². The maximum atomic E-state index is 13.0. The zero-order chi connectivity index (χ0) is 19.7. The smallest absolute Gasteiger partial charge is 0.365 e. The number of halogens is 3. The van der Waals surface area contributed by atoms with E-state index in [0.717, 1.165) is 57.7 Å². The molecule has 1 amide bonds. The van der Waals surface area contributed by atoms with Crippen molar-refractivity contribution in [3.05, 3.63) is 18.1 Å². The van der Waals surface area contributed by atoms with Gasteiger partial charge in [-0.2, -0.15) is 13.2 Å². The van der Waals surface area contributed by atoms with Crippen molar-refractivity contribution in [3.63, 3.8) is 0 Å². The Morgan fingerprint density at radius 2 is 1.89 bits per heavy atom. The fraction of sp³-hybridized carbons (Fsp3) is 0.722. The number of likely N-dealkylation sites (tertiary alicyclic amines) is 1. The first-order valence-electron chi connectivity index (χ1n) is 9.68. The third-order valence-corrected chi connectivity index (χ3v) is 5.54. The molecule has 1 aromatic rings. The molecule has 2 aliphatic heterocycles. The second kappa shape index (κ2) is 7.82. The molecule has 1 atom stereocenters. The van der Waals surface area contributed by atoms with E-state index in [9.17, 15) is 18.0 Å². The van der Waals surface area contributed by atoms with Crippen molar-refractivity contribution in [2.75, 3.05) is 37.7 Å². The van der Waals surface area contributed by atoms with Gasteiger partial charge in [0.05, 0.1) is 6.10 Å². The molecular weight excluding hydrogens is 375 g/mol. The lowest BCUT2D eigenvalue weighted by Crippen LogP contribution is -2.51. The van der Waals surface area contributed by atoms with Crippen molar-refractivity contribution in [3.8, 4) is 0 Å². The highest BCUT2D eigenvalue weighted by Gasteiger charge is 2.39. The van der Waals surface area contributed by atoms with E-state index in [1.165, 1.54) is 0 Å². The maximum absolute atomic E-state index is 13.0. The van der Waals surface area contributed by atoms with Crippen LogP contribution in [0.2, 0.25) is 0 Å². The Balaban J connectivity index is 1.37. The molecule has 2 saturated heterocycles. The summed E-state index contributed by atoms with van der Waals surface area (Å²) in [5.41, 5.74) is -0.892. The zero-order valence-electron chi connectivity index (χ0n) is 15.5. The lowest BCUT2D eigenvalue weighted by Gasteiger charge is -2.40. The Bertz CT molecular complexity index is 695. The predicted molar refractivity (Wildman–Crippen MR) is 94.7 cm³/mol. The zero-order valence-corrected chi connectivity index (χ0v) is 15.5. The first-order valence-corrected chi connectivity index (χ1v) is 9.68. The van der Waals surface area contributed by atoms with Gasteiger partial charge in [0.2, 0.25) is 5.91 Å². The Labute approximate surface area is 161 Å². The Hall–Kier alpha value is -1.94. The van der Waals surface area contributed by atoms with Gasteiger partial charge < -0.3 is 19.9 Å². The maximum Gasteiger partial charge on any atom is 0.433 e. The van der Waals surface area contributed by atoms with E-state index < -0.39 is 11.9 Å². The number of aromatic nitrogens is 2. The number of anilines is 1. The summed E-state index contributed by atoms with van der Waals surface area (Å²) < 4.78 is 44.6. The number of hydrogen-bond donors (Lipinski definition) is 1. The average molecular weight is 399 g/mol. The molecule has 1 aliphatic carbocycles. The number of rotatable bonds is 5. The lowest BCUT2D eigenvalue weighted by molar-refractivity contribution is -0.141. The summed E-state index contributed by atoms with van der Waals surface area (Å²) in [6.45, 7) is 3.07. The number of ether oxygens (including phenoxy) is 1. The summed E-state index contributed by atoms with van der Waals surface area (Å²) in [7, 11) is 0. The van der Waals surface area contributed by atoms with Crippen molar-refractivity contribution >= 4 is 11.7 Å². The highest BCUT2D eigenvalue weighted by atomic mass is 19.4.